The van der Waals surface area contributed by atoms with Gasteiger partial charge in [0.05, 0.1) is 5.92 Å². The quantitative estimate of drug-likeness (QED) is 0.771. The van der Waals surface area contributed by atoms with Crippen molar-refractivity contribution in [1.82, 2.24) is 24.3 Å². The van der Waals surface area contributed by atoms with E-state index in [0.29, 0.717) is 19.6 Å². The van der Waals surface area contributed by atoms with Crippen LogP contribution in [0.1, 0.15) is 30.8 Å². The van der Waals surface area contributed by atoms with Gasteiger partial charge in [-0.25, -0.2) is 9.97 Å². The minimum atomic E-state index is -0.273. The molecule has 25 heavy (non-hydrogen) atoms. The lowest BCUT2D eigenvalue weighted by Gasteiger charge is -2.18. The monoisotopic (exact) mass is 339 g/mol. The fraction of sp³-hybridized carbons (Fsp3) is 0.389. The zero-order valence-electron chi connectivity index (χ0n) is 14.1. The number of ether oxygens (including phenoxy) is 1. The first-order valence-corrected chi connectivity index (χ1v) is 8.58. The second-order valence-corrected chi connectivity index (χ2v) is 6.20. The van der Waals surface area contributed by atoms with Crippen molar-refractivity contribution in [3.8, 4) is 0 Å². The van der Waals surface area contributed by atoms with Crippen molar-refractivity contribution in [2.75, 3.05) is 6.61 Å². The number of aromatic nitrogens is 4. The van der Waals surface area contributed by atoms with E-state index in [1.54, 1.807) is 12.4 Å². The molecule has 1 amide bonds. The van der Waals surface area contributed by atoms with E-state index in [-0.39, 0.29) is 17.9 Å². The predicted molar refractivity (Wildman–Crippen MR) is 91.7 cm³/mol. The summed E-state index contributed by atoms with van der Waals surface area (Å²) < 4.78 is 9.79. The Morgan fingerprint density at radius 1 is 1.32 bits per heavy atom. The molecule has 0 spiro atoms. The van der Waals surface area contributed by atoms with Crippen LogP contribution in [0.4, 0.5) is 0 Å². The second kappa shape index (κ2) is 6.68. The normalized spacial score (nSPS) is 20.2. The number of carbonyl (C=O) groups is 1. The van der Waals surface area contributed by atoms with E-state index in [1.807, 2.05) is 39.7 Å². The van der Waals surface area contributed by atoms with Gasteiger partial charge in [-0.2, -0.15) is 0 Å². The van der Waals surface area contributed by atoms with Gasteiger partial charge in [-0.15, -0.1) is 0 Å². The lowest BCUT2D eigenvalue weighted by atomic mass is 9.99. The second-order valence-electron chi connectivity index (χ2n) is 6.20. The summed E-state index contributed by atoms with van der Waals surface area (Å²) in [6.07, 6.45) is 9.73. The van der Waals surface area contributed by atoms with Crippen molar-refractivity contribution in [1.29, 1.82) is 0 Å². The highest BCUT2D eigenvalue weighted by Gasteiger charge is 2.37. The number of imidazole rings is 2. The maximum atomic E-state index is 12.7. The molecule has 1 aliphatic heterocycles. The van der Waals surface area contributed by atoms with Gasteiger partial charge in [-0.3, -0.25) is 4.79 Å². The summed E-state index contributed by atoms with van der Waals surface area (Å²) in [5.41, 5.74) is 1.90. The van der Waals surface area contributed by atoms with Gasteiger partial charge in [0, 0.05) is 50.7 Å². The van der Waals surface area contributed by atoms with Gasteiger partial charge in [-0.05, 0) is 31.0 Å². The maximum absolute atomic E-state index is 12.7. The maximum Gasteiger partial charge on any atom is 0.226 e. The van der Waals surface area contributed by atoms with Crippen LogP contribution in [-0.2, 0) is 22.6 Å². The molecule has 4 rings (SSSR count). The van der Waals surface area contributed by atoms with Crippen LogP contribution in [0.25, 0.3) is 5.65 Å². The summed E-state index contributed by atoms with van der Waals surface area (Å²) >= 11 is 0. The molecule has 3 aromatic heterocycles. The lowest BCUT2D eigenvalue weighted by Crippen LogP contribution is -2.32. The fourth-order valence-electron chi connectivity index (χ4n) is 3.34. The van der Waals surface area contributed by atoms with Gasteiger partial charge in [0.15, 0.2) is 0 Å². The Hall–Kier alpha value is -2.67. The number of nitrogens with zero attached hydrogens (tertiary/aromatic N) is 4. The minimum Gasteiger partial charge on any atom is -0.369 e. The molecule has 1 N–H and O–H groups in total. The van der Waals surface area contributed by atoms with E-state index in [2.05, 4.69) is 22.2 Å². The Labute approximate surface area is 145 Å². The van der Waals surface area contributed by atoms with Gasteiger partial charge in [-0.1, -0.05) is 0 Å². The number of hydrogen-bond acceptors (Lipinski definition) is 4. The standard InChI is InChI=1S/C18H21N5O2/c1-2-22-8-6-20-17(22)16-14(4-10-25-16)18(24)21-12-13-3-7-23-9-5-19-15(23)11-13/h3,5-9,11,14,16H,2,4,10,12H2,1H3,(H,21,24)/t14-,16-/m1/s1. The van der Waals surface area contributed by atoms with E-state index in [4.69, 9.17) is 4.74 Å². The summed E-state index contributed by atoms with van der Waals surface area (Å²) in [6, 6.07) is 3.97. The van der Waals surface area contributed by atoms with E-state index < -0.39 is 0 Å². The van der Waals surface area contributed by atoms with Crippen LogP contribution in [0, 0.1) is 5.92 Å². The Morgan fingerprint density at radius 2 is 2.20 bits per heavy atom. The van der Waals surface area contributed by atoms with E-state index in [9.17, 15) is 4.79 Å². The predicted octanol–water partition coefficient (Wildman–Crippen LogP) is 1.94. The smallest absolute Gasteiger partial charge is 0.226 e. The topological polar surface area (TPSA) is 73.5 Å². The minimum absolute atomic E-state index is 0.0105. The molecule has 0 aromatic carbocycles. The zero-order valence-corrected chi connectivity index (χ0v) is 14.1. The van der Waals surface area contributed by atoms with Crippen LogP contribution in [0.5, 0.6) is 0 Å². The number of fused-ring (bicyclic) bond motifs is 1. The molecule has 0 saturated carbocycles. The summed E-state index contributed by atoms with van der Waals surface area (Å²) in [6.45, 7) is 3.93. The average molecular weight is 339 g/mol. The van der Waals surface area contributed by atoms with Crippen LogP contribution < -0.4 is 5.32 Å². The average Bonchev–Trinajstić information content (AvgIpc) is 3.37. The molecule has 0 radical (unpaired) electrons. The van der Waals surface area contributed by atoms with Crippen molar-refractivity contribution in [2.45, 2.75) is 32.5 Å². The van der Waals surface area contributed by atoms with Gasteiger partial charge in [0.1, 0.15) is 17.6 Å². The Morgan fingerprint density at radius 3 is 3.08 bits per heavy atom. The molecule has 1 saturated heterocycles. The molecule has 0 bridgehead atoms. The van der Waals surface area contributed by atoms with Gasteiger partial charge in [0.2, 0.25) is 5.91 Å². The number of hydrogen-bond donors (Lipinski definition) is 1. The van der Waals surface area contributed by atoms with E-state index in [0.717, 1.165) is 23.6 Å². The zero-order chi connectivity index (χ0) is 17.2. The number of aryl methyl sites for hydroxylation is 1. The third-order valence-electron chi connectivity index (χ3n) is 4.70. The highest BCUT2D eigenvalue weighted by atomic mass is 16.5. The van der Waals surface area contributed by atoms with E-state index in [1.165, 1.54) is 0 Å². The van der Waals surface area contributed by atoms with E-state index >= 15 is 0 Å². The Balaban J connectivity index is 1.44. The van der Waals surface area contributed by atoms with Crippen molar-refractivity contribution >= 4 is 11.6 Å². The fourth-order valence-corrected chi connectivity index (χ4v) is 3.34. The molecule has 130 valence electrons. The molecule has 7 heteroatoms. The lowest BCUT2D eigenvalue weighted by molar-refractivity contribution is -0.127. The van der Waals surface area contributed by atoms with Crippen LogP contribution in [-0.4, -0.2) is 31.4 Å². The molecule has 0 aliphatic carbocycles. The molecule has 2 atom stereocenters. The highest BCUT2D eigenvalue weighted by molar-refractivity contribution is 5.79. The largest absolute Gasteiger partial charge is 0.369 e. The summed E-state index contributed by atoms with van der Waals surface area (Å²) in [7, 11) is 0. The van der Waals surface area contributed by atoms with Crippen molar-refractivity contribution in [3.63, 3.8) is 0 Å². The summed E-state index contributed by atoms with van der Waals surface area (Å²) in [5.74, 6) is 0.637. The number of amides is 1. The first-order chi connectivity index (χ1) is 12.3. The van der Waals surface area contributed by atoms with Gasteiger partial charge in [0.25, 0.3) is 0 Å². The molecular formula is C18H21N5O2. The molecule has 7 nitrogen and oxygen atoms in total. The van der Waals surface area contributed by atoms with Crippen LogP contribution in [0.3, 0.4) is 0 Å². The highest BCUT2D eigenvalue weighted by Crippen LogP contribution is 2.33. The van der Waals surface area contributed by atoms with Crippen LogP contribution in [0.15, 0.2) is 43.1 Å². The first-order valence-electron chi connectivity index (χ1n) is 8.58. The Bertz CT molecular complexity index is 884. The van der Waals surface area contributed by atoms with Crippen molar-refractivity contribution < 1.29 is 9.53 Å². The SMILES string of the molecule is CCn1ccnc1[C@@H]1OCC[C@H]1C(=O)NCc1ccn2ccnc2c1. The van der Waals surface area contributed by atoms with Crippen LogP contribution in [0.2, 0.25) is 0 Å². The molecule has 4 heterocycles. The molecule has 1 aliphatic rings. The third-order valence-corrected chi connectivity index (χ3v) is 4.70. The number of rotatable bonds is 5. The van der Waals surface area contributed by atoms with Gasteiger partial charge < -0.3 is 19.0 Å². The van der Waals surface area contributed by atoms with Crippen molar-refractivity contribution in [2.24, 2.45) is 5.92 Å². The number of carbonyl (C=O) groups excluding carboxylic acids is 1. The molecule has 1 fully saturated rings. The summed E-state index contributed by atoms with van der Waals surface area (Å²) in [4.78, 5) is 21.4. The first kappa shape index (κ1) is 15.8. The summed E-state index contributed by atoms with van der Waals surface area (Å²) in [5, 5.41) is 3.03. The van der Waals surface area contributed by atoms with Gasteiger partial charge >= 0.3 is 0 Å². The van der Waals surface area contributed by atoms with Crippen molar-refractivity contribution in [3.05, 3.63) is 54.5 Å². The van der Waals surface area contributed by atoms with Crippen LogP contribution >= 0.6 is 0 Å². The Kier molecular flexibility index (Phi) is 4.23. The molecule has 3 aromatic rings. The molecule has 0 unspecified atom stereocenters. The molecular weight excluding hydrogens is 318 g/mol. The third kappa shape index (κ3) is 3.02. The number of nitrogens with one attached hydrogen (secondary N) is 1. The number of pyridine rings is 1.